The molecule has 0 fully saturated rings. The molecule has 0 rings (SSSR count). The second-order valence-electron chi connectivity index (χ2n) is 2.74. The molecule has 0 aliphatic rings. The maximum absolute atomic E-state index is 10.5. The summed E-state index contributed by atoms with van der Waals surface area (Å²) in [6.45, 7) is 5.45. The van der Waals surface area contributed by atoms with Crippen LogP contribution in [0.4, 0.5) is 0 Å². The fourth-order valence-corrected chi connectivity index (χ4v) is 1.12. The largest absolute Gasteiger partial charge is 0.388 e. The van der Waals surface area contributed by atoms with Crippen LogP contribution in [-0.2, 0) is 4.79 Å². The van der Waals surface area contributed by atoms with Crippen molar-refractivity contribution in [1.29, 1.82) is 0 Å². The third kappa shape index (κ3) is 5.86. The summed E-state index contributed by atoms with van der Waals surface area (Å²) in [5.74, 6) is 0. The van der Waals surface area contributed by atoms with Gasteiger partial charge in [0.05, 0.1) is 0 Å². The second-order valence-corrected chi connectivity index (χ2v) is 4.63. The van der Waals surface area contributed by atoms with E-state index >= 15 is 0 Å². The lowest BCUT2D eigenvalue weighted by molar-refractivity contribution is -0.113. The van der Waals surface area contributed by atoms with Crippen LogP contribution in [0.15, 0.2) is 0 Å². The van der Waals surface area contributed by atoms with Gasteiger partial charge in [0, 0.05) is 4.75 Å². The highest BCUT2D eigenvalue weighted by molar-refractivity contribution is 8.14. The quantitative estimate of drug-likeness (QED) is 0.603. The first-order valence-corrected chi connectivity index (χ1v) is 3.60. The van der Waals surface area contributed by atoms with Crippen LogP contribution in [0.5, 0.6) is 0 Å². The van der Waals surface area contributed by atoms with Crippen LogP contribution in [0.2, 0.25) is 0 Å². The number of hydrogen-bond acceptors (Lipinski definition) is 3. The van der Waals surface area contributed by atoms with E-state index in [1.54, 1.807) is 0 Å². The van der Waals surface area contributed by atoms with E-state index in [1.165, 1.54) is 11.8 Å². The number of carbonyl (C=O) groups excluding carboxylic acids is 1. The van der Waals surface area contributed by atoms with E-state index in [-0.39, 0.29) is 16.5 Å². The molecule has 9 heavy (non-hydrogen) atoms. The molecule has 0 aliphatic carbocycles. The third-order valence-electron chi connectivity index (χ3n) is 0.549. The van der Waals surface area contributed by atoms with Gasteiger partial charge in [0.25, 0.3) is 0 Å². The molecule has 0 heterocycles. The average molecular weight is 148 g/mol. The minimum atomic E-state index is -0.359. The number of rotatable bonds is 1. The Morgan fingerprint density at radius 3 is 2.11 bits per heavy atom. The van der Waals surface area contributed by atoms with Crippen LogP contribution < -0.4 is 0 Å². The molecule has 0 bridgehead atoms. The van der Waals surface area contributed by atoms with Crippen molar-refractivity contribution in [2.24, 2.45) is 0 Å². The molecule has 54 valence electrons. The van der Waals surface area contributed by atoms with Gasteiger partial charge in [-0.1, -0.05) is 32.5 Å². The first-order chi connectivity index (χ1) is 3.95. The molecule has 0 saturated heterocycles. The molecule has 0 aromatic heterocycles. The van der Waals surface area contributed by atoms with Crippen LogP contribution in [0, 0.1) is 0 Å². The van der Waals surface area contributed by atoms with Crippen molar-refractivity contribution in [3.63, 3.8) is 0 Å². The van der Waals surface area contributed by atoms with Crippen molar-refractivity contribution >= 4 is 16.9 Å². The van der Waals surface area contributed by atoms with Gasteiger partial charge in [-0.3, -0.25) is 4.79 Å². The van der Waals surface area contributed by atoms with Crippen molar-refractivity contribution < 1.29 is 9.90 Å². The van der Waals surface area contributed by atoms with Crippen LogP contribution in [0.3, 0.4) is 0 Å². The van der Waals surface area contributed by atoms with Gasteiger partial charge in [-0.2, -0.15) is 0 Å². The number of aliphatic hydroxyl groups is 1. The molecule has 0 atom stereocenters. The molecule has 0 aliphatic heterocycles. The summed E-state index contributed by atoms with van der Waals surface area (Å²) in [5.41, 5.74) is 0. The van der Waals surface area contributed by atoms with E-state index < -0.39 is 0 Å². The minimum absolute atomic E-state index is 0.0696. The monoisotopic (exact) mass is 148 g/mol. The first kappa shape index (κ1) is 8.98. The molecule has 0 saturated carbocycles. The number of hydrogen-bond donors (Lipinski definition) is 1. The molecule has 0 spiro atoms. The number of thioether (sulfide) groups is 1. The smallest absolute Gasteiger partial charge is 0.214 e. The van der Waals surface area contributed by atoms with Gasteiger partial charge in [-0.15, -0.1) is 0 Å². The minimum Gasteiger partial charge on any atom is -0.388 e. The Bertz CT molecular complexity index is 104. The zero-order valence-corrected chi connectivity index (χ0v) is 6.79. The Morgan fingerprint density at radius 2 is 2.00 bits per heavy atom. The SMILES string of the molecule is CC(C)(C)SC(=O)CO. The molecular weight excluding hydrogens is 136 g/mol. The van der Waals surface area contributed by atoms with E-state index in [1.807, 2.05) is 20.8 Å². The Hall–Kier alpha value is -0.0200. The molecule has 0 radical (unpaired) electrons. The number of carbonyl (C=O) groups is 1. The van der Waals surface area contributed by atoms with Crippen molar-refractivity contribution in [2.75, 3.05) is 6.61 Å². The highest BCUT2D eigenvalue weighted by atomic mass is 32.2. The summed E-state index contributed by atoms with van der Waals surface area (Å²) < 4.78 is -0.0696. The fraction of sp³-hybridized carbons (Fsp3) is 0.833. The highest BCUT2D eigenvalue weighted by Crippen LogP contribution is 2.23. The molecular formula is C6H12O2S. The van der Waals surface area contributed by atoms with Crippen molar-refractivity contribution in [2.45, 2.75) is 25.5 Å². The zero-order valence-electron chi connectivity index (χ0n) is 5.97. The van der Waals surface area contributed by atoms with Gasteiger partial charge in [0.15, 0.2) is 0 Å². The second kappa shape index (κ2) is 3.22. The van der Waals surface area contributed by atoms with E-state index in [9.17, 15) is 4.79 Å². The molecule has 1 N–H and O–H groups in total. The summed E-state index contributed by atoms with van der Waals surface area (Å²) in [5, 5.41) is 8.16. The molecule has 0 unspecified atom stereocenters. The molecule has 2 nitrogen and oxygen atoms in total. The van der Waals surface area contributed by atoms with E-state index in [0.717, 1.165) is 0 Å². The Labute approximate surface area is 59.6 Å². The van der Waals surface area contributed by atoms with Crippen molar-refractivity contribution in [3.05, 3.63) is 0 Å². The summed E-state index contributed by atoms with van der Waals surface area (Å²) in [6, 6.07) is 0. The lowest BCUT2D eigenvalue weighted by Crippen LogP contribution is -2.13. The summed E-state index contributed by atoms with van der Waals surface area (Å²) in [7, 11) is 0. The Kier molecular flexibility index (Phi) is 3.22. The lowest BCUT2D eigenvalue weighted by atomic mass is 10.3. The van der Waals surface area contributed by atoms with Crippen LogP contribution >= 0.6 is 11.8 Å². The van der Waals surface area contributed by atoms with Gasteiger partial charge in [-0.05, 0) is 0 Å². The van der Waals surface area contributed by atoms with E-state index in [0.29, 0.717) is 0 Å². The predicted molar refractivity (Wildman–Crippen MR) is 39.4 cm³/mol. The highest BCUT2D eigenvalue weighted by Gasteiger charge is 2.15. The van der Waals surface area contributed by atoms with Gasteiger partial charge >= 0.3 is 0 Å². The van der Waals surface area contributed by atoms with Gasteiger partial charge in [-0.25, -0.2) is 0 Å². The lowest BCUT2D eigenvalue weighted by Gasteiger charge is -2.14. The Balaban J connectivity index is 3.60. The zero-order chi connectivity index (χ0) is 7.49. The van der Waals surface area contributed by atoms with E-state index in [4.69, 9.17) is 5.11 Å². The third-order valence-corrected chi connectivity index (χ3v) is 1.52. The maximum Gasteiger partial charge on any atom is 0.214 e. The van der Waals surface area contributed by atoms with Crippen LogP contribution in [0.25, 0.3) is 0 Å². The van der Waals surface area contributed by atoms with Crippen LogP contribution in [0.1, 0.15) is 20.8 Å². The van der Waals surface area contributed by atoms with Crippen molar-refractivity contribution in [3.8, 4) is 0 Å². The van der Waals surface area contributed by atoms with Crippen molar-refractivity contribution in [1.82, 2.24) is 0 Å². The summed E-state index contributed by atoms with van der Waals surface area (Å²) >= 11 is 1.17. The molecule has 0 aromatic carbocycles. The topological polar surface area (TPSA) is 37.3 Å². The van der Waals surface area contributed by atoms with Gasteiger partial charge < -0.3 is 5.11 Å². The molecule has 3 heteroatoms. The van der Waals surface area contributed by atoms with E-state index in [2.05, 4.69) is 0 Å². The van der Waals surface area contributed by atoms with Crippen LogP contribution in [-0.4, -0.2) is 21.6 Å². The molecule has 0 aromatic rings. The Morgan fingerprint density at radius 1 is 1.56 bits per heavy atom. The maximum atomic E-state index is 10.5. The fourth-order valence-electron chi connectivity index (χ4n) is 0.374. The van der Waals surface area contributed by atoms with Gasteiger partial charge in [0.1, 0.15) is 6.61 Å². The standard InChI is InChI=1S/C6H12O2S/c1-6(2,3)9-5(8)4-7/h7H,4H2,1-3H3. The summed E-state index contributed by atoms with van der Waals surface area (Å²) in [4.78, 5) is 10.5. The number of aliphatic hydroxyl groups excluding tert-OH is 1. The normalized spacial score (nSPS) is 11.6. The summed E-state index contributed by atoms with van der Waals surface area (Å²) in [6.07, 6.45) is 0. The molecule has 0 amide bonds. The average Bonchev–Trinajstić information content (AvgIpc) is 1.62. The van der Waals surface area contributed by atoms with Gasteiger partial charge in [0.2, 0.25) is 5.12 Å². The first-order valence-electron chi connectivity index (χ1n) is 2.78. The predicted octanol–water partition coefficient (Wildman–Crippen LogP) is 1.04.